The number of rotatable bonds is 3. The van der Waals surface area contributed by atoms with E-state index >= 15 is 0 Å². The first-order chi connectivity index (χ1) is 12.0. The average Bonchev–Trinajstić information content (AvgIpc) is 2.53. The molecule has 1 aliphatic carbocycles. The first kappa shape index (κ1) is 20.6. The molecule has 1 aromatic carbocycles. The fourth-order valence-corrected chi connectivity index (χ4v) is 3.60. The Hall–Kier alpha value is -1.75. The van der Waals surface area contributed by atoms with E-state index in [0.717, 1.165) is 16.9 Å². The van der Waals surface area contributed by atoms with Crippen LogP contribution >= 0.6 is 0 Å². The molecule has 0 bridgehead atoms. The van der Waals surface area contributed by atoms with Crippen LogP contribution in [0.3, 0.4) is 0 Å². The quantitative estimate of drug-likeness (QED) is 0.465. The van der Waals surface area contributed by atoms with Crippen LogP contribution in [-0.4, -0.2) is 12.3 Å². The van der Waals surface area contributed by atoms with Crippen molar-refractivity contribution in [3.8, 4) is 18.3 Å². The molecule has 0 amide bonds. The molecule has 0 spiro atoms. The molecular formula is C24H35NO. The number of terminal acetylenes is 1. The summed E-state index contributed by atoms with van der Waals surface area (Å²) in [5.74, 6) is 1.42. The third-order valence-corrected chi connectivity index (χ3v) is 5.42. The van der Waals surface area contributed by atoms with Gasteiger partial charge in [0.2, 0.25) is 0 Å². The fourth-order valence-electron chi connectivity index (χ4n) is 3.60. The van der Waals surface area contributed by atoms with Gasteiger partial charge in [0.05, 0.1) is 6.04 Å². The number of nitrogens with zero attached hydrogens (tertiary/aromatic N) is 1. The summed E-state index contributed by atoms with van der Waals surface area (Å²) in [4.78, 5) is 4.95. The van der Waals surface area contributed by atoms with Crippen LogP contribution < -0.4 is 4.74 Å². The van der Waals surface area contributed by atoms with Gasteiger partial charge in [-0.2, -0.15) is 0 Å². The second kappa shape index (κ2) is 7.87. The van der Waals surface area contributed by atoms with Crippen LogP contribution in [0.5, 0.6) is 5.75 Å². The van der Waals surface area contributed by atoms with Crippen molar-refractivity contribution in [2.75, 3.05) is 0 Å². The van der Waals surface area contributed by atoms with E-state index in [1.165, 1.54) is 31.2 Å². The molecule has 2 unspecified atom stereocenters. The van der Waals surface area contributed by atoms with E-state index in [4.69, 9.17) is 16.2 Å². The molecule has 0 aromatic heterocycles. The van der Waals surface area contributed by atoms with Gasteiger partial charge in [0.1, 0.15) is 6.11 Å². The average molecular weight is 354 g/mol. The van der Waals surface area contributed by atoms with Crippen molar-refractivity contribution in [3.05, 3.63) is 28.8 Å². The zero-order valence-electron chi connectivity index (χ0n) is 17.6. The molecule has 142 valence electrons. The highest BCUT2D eigenvalue weighted by Crippen LogP contribution is 2.38. The maximum absolute atomic E-state index is 5.67. The van der Waals surface area contributed by atoms with Crippen LogP contribution in [0.2, 0.25) is 0 Å². The van der Waals surface area contributed by atoms with Gasteiger partial charge in [-0.3, -0.25) is 4.99 Å². The topological polar surface area (TPSA) is 21.6 Å². The Morgan fingerprint density at radius 3 is 2.27 bits per heavy atom. The van der Waals surface area contributed by atoms with Crippen molar-refractivity contribution >= 4 is 6.21 Å². The minimum atomic E-state index is -0.0613. The van der Waals surface area contributed by atoms with Crippen molar-refractivity contribution in [2.24, 2.45) is 10.9 Å². The zero-order valence-corrected chi connectivity index (χ0v) is 17.6. The lowest BCUT2D eigenvalue weighted by molar-refractivity contribution is 0.333. The summed E-state index contributed by atoms with van der Waals surface area (Å²) in [5, 5.41) is 0. The van der Waals surface area contributed by atoms with Gasteiger partial charge in [0.25, 0.3) is 0 Å². The van der Waals surface area contributed by atoms with Crippen molar-refractivity contribution in [1.82, 2.24) is 0 Å². The van der Waals surface area contributed by atoms with Gasteiger partial charge in [-0.15, -0.1) is 0 Å². The molecule has 0 saturated heterocycles. The minimum Gasteiger partial charge on any atom is -0.407 e. The molecule has 1 aromatic rings. The highest BCUT2D eigenvalue weighted by Gasteiger charge is 2.26. The van der Waals surface area contributed by atoms with E-state index in [0.29, 0.717) is 12.0 Å². The lowest BCUT2D eigenvalue weighted by Gasteiger charge is -2.28. The van der Waals surface area contributed by atoms with Crippen LogP contribution in [0.15, 0.2) is 17.1 Å². The summed E-state index contributed by atoms with van der Waals surface area (Å²) in [5.41, 5.74) is 3.41. The molecule has 2 heteroatoms. The van der Waals surface area contributed by atoms with Gasteiger partial charge in [0, 0.05) is 17.3 Å². The molecule has 2 atom stereocenters. The molecule has 1 saturated carbocycles. The predicted molar refractivity (Wildman–Crippen MR) is 112 cm³/mol. The zero-order chi connectivity index (χ0) is 19.5. The lowest BCUT2D eigenvalue weighted by atomic mass is 9.79. The van der Waals surface area contributed by atoms with Crippen LogP contribution in [0.25, 0.3) is 0 Å². The second-order valence-corrected chi connectivity index (χ2v) is 9.77. The van der Waals surface area contributed by atoms with Crippen molar-refractivity contribution in [1.29, 1.82) is 0 Å². The smallest absolute Gasteiger partial charge is 0.152 e. The predicted octanol–water partition coefficient (Wildman–Crippen LogP) is 6.25. The van der Waals surface area contributed by atoms with E-state index in [2.05, 4.69) is 66.7 Å². The largest absolute Gasteiger partial charge is 0.407 e. The minimum absolute atomic E-state index is 0.0510. The molecule has 2 nitrogen and oxygen atoms in total. The molecule has 0 N–H and O–H groups in total. The molecule has 0 radical (unpaired) electrons. The summed E-state index contributed by atoms with van der Waals surface area (Å²) < 4.78 is 5.67. The number of hydrogen-bond donors (Lipinski definition) is 0. The van der Waals surface area contributed by atoms with E-state index in [-0.39, 0.29) is 10.8 Å². The Morgan fingerprint density at radius 1 is 1.08 bits per heavy atom. The molecule has 2 rings (SSSR count). The first-order valence-electron chi connectivity index (χ1n) is 9.88. The molecule has 1 fully saturated rings. The molecule has 26 heavy (non-hydrogen) atoms. The summed E-state index contributed by atoms with van der Waals surface area (Å²) in [7, 11) is 0. The van der Waals surface area contributed by atoms with Crippen LogP contribution in [0.1, 0.15) is 90.8 Å². The van der Waals surface area contributed by atoms with E-state index < -0.39 is 0 Å². The molecule has 0 aliphatic heterocycles. The summed E-state index contributed by atoms with van der Waals surface area (Å²) >= 11 is 0. The van der Waals surface area contributed by atoms with E-state index in [9.17, 15) is 0 Å². The highest BCUT2D eigenvalue weighted by atomic mass is 16.5. The Balaban J connectivity index is 2.56. The summed E-state index contributed by atoms with van der Waals surface area (Å²) in [6.45, 7) is 15.6. The summed E-state index contributed by atoms with van der Waals surface area (Å²) in [6, 6.07) is 4.84. The second-order valence-electron chi connectivity index (χ2n) is 9.77. The first-order valence-corrected chi connectivity index (χ1v) is 9.88. The van der Waals surface area contributed by atoms with Crippen molar-refractivity contribution < 1.29 is 4.74 Å². The Labute approximate surface area is 160 Å². The fraction of sp³-hybridized carbons (Fsp3) is 0.625. The Bertz CT molecular complexity index is 695. The van der Waals surface area contributed by atoms with Crippen molar-refractivity contribution in [3.63, 3.8) is 0 Å². The molecule has 1 aliphatic rings. The Morgan fingerprint density at radius 2 is 1.73 bits per heavy atom. The van der Waals surface area contributed by atoms with Gasteiger partial charge in [-0.05, 0) is 41.2 Å². The van der Waals surface area contributed by atoms with Crippen LogP contribution in [-0.2, 0) is 10.8 Å². The number of benzene rings is 1. The standard InChI is InChI=1S/C24H35NO/c1-9-26-22-18(16-25-21-13-11-10-12-17(21)2)14-19(23(3,4)5)15-20(22)24(6,7)8/h1,14-17,21H,10-13H2,2-8H3. The van der Waals surface area contributed by atoms with Gasteiger partial charge in [-0.25, -0.2) is 0 Å². The SMILES string of the molecule is C#COc1c(C=NC2CCCCC2C)cc(C(C)(C)C)cc1C(C)(C)C. The maximum atomic E-state index is 5.67. The lowest BCUT2D eigenvalue weighted by Crippen LogP contribution is -2.21. The van der Waals surface area contributed by atoms with Crippen molar-refractivity contribution in [2.45, 2.75) is 91.0 Å². The van der Waals surface area contributed by atoms with Crippen LogP contribution in [0, 0.1) is 18.4 Å². The van der Waals surface area contributed by atoms with Gasteiger partial charge >= 0.3 is 0 Å². The number of hydrogen-bond acceptors (Lipinski definition) is 2. The van der Waals surface area contributed by atoms with E-state index in [1.807, 2.05) is 6.21 Å². The highest BCUT2D eigenvalue weighted by molar-refractivity contribution is 5.85. The summed E-state index contributed by atoms with van der Waals surface area (Å²) in [6.07, 6.45) is 14.9. The third kappa shape index (κ3) is 4.91. The monoisotopic (exact) mass is 353 g/mol. The van der Waals surface area contributed by atoms with Gasteiger partial charge in [0.15, 0.2) is 5.75 Å². The third-order valence-electron chi connectivity index (χ3n) is 5.42. The molecule has 0 heterocycles. The number of ether oxygens (including phenoxy) is 1. The normalized spacial score (nSPS) is 21.6. The molecular weight excluding hydrogens is 318 g/mol. The Kier molecular flexibility index (Phi) is 6.22. The van der Waals surface area contributed by atoms with Gasteiger partial charge < -0.3 is 4.74 Å². The van der Waals surface area contributed by atoms with E-state index in [1.54, 1.807) is 0 Å². The maximum Gasteiger partial charge on any atom is 0.152 e. The van der Waals surface area contributed by atoms with Gasteiger partial charge in [-0.1, -0.05) is 73.8 Å². The number of aliphatic imine (C=N–C) groups is 1. The van der Waals surface area contributed by atoms with Crippen LogP contribution in [0.4, 0.5) is 0 Å².